The lowest BCUT2D eigenvalue weighted by atomic mass is 10.1. The number of nitrogens with two attached hydrogens (primary N) is 2. The van der Waals surface area contributed by atoms with Crippen LogP contribution in [0.4, 0.5) is 5.69 Å². The molecule has 10 nitrogen and oxygen atoms in total. The van der Waals surface area contributed by atoms with Crippen LogP contribution in [0.25, 0.3) is 0 Å². The van der Waals surface area contributed by atoms with E-state index in [-0.39, 0.29) is 10.6 Å². The van der Waals surface area contributed by atoms with Crippen molar-refractivity contribution in [2.24, 2.45) is 15.9 Å². The minimum absolute atomic E-state index is 0.138. The van der Waals surface area contributed by atoms with Gasteiger partial charge in [0.25, 0.3) is 10.0 Å². The summed E-state index contributed by atoms with van der Waals surface area (Å²) in [5.74, 6) is -1.20. The third-order valence-electron chi connectivity index (χ3n) is 3.79. The summed E-state index contributed by atoms with van der Waals surface area (Å²) < 4.78 is 37.2. The maximum Gasteiger partial charge on any atom is 0.354 e. The number of nitrogens with one attached hydrogen (secondary N) is 1. The summed E-state index contributed by atoms with van der Waals surface area (Å²) in [5, 5.41) is 2.74. The Morgan fingerprint density at radius 2 is 1.68 bits per heavy atom. The Morgan fingerprint density at radius 1 is 1.06 bits per heavy atom. The van der Waals surface area contributed by atoms with Gasteiger partial charge in [-0.15, -0.1) is 4.40 Å². The fourth-order valence-electron chi connectivity index (χ4n) is 2.41. The number of carbonyl (C=O) groups is 2. The van der Waals surface area contributed by atoms with Gasteiger partial charge in [0.05, 0.1) is 18.6 Å². The van der Waals surface area contributed by atoms with Crippen molar-refractivity contribution in [3.05, 3.63) is 65.9 Å². The molecule has 0 aliphatic heterocycles. The highest BCUT2D eigenvalue weighted by Crippen LogP contribution is 2.19. The normalized spacial score (nSPS) is 11.4. The molecular weight excluding hydrogens is 424 g/mol. The summed E-state index contributed by atoms with van der Waals surface area (Å²) in [4.78, 5) is 24.5. The Balaban J connectivity index is 2.26. The second kappa shape index (κ2) is 10.3. The summed E-state index contributed by atoms with van der Waals surface area (Å²) in [6.07, 6.45) is 1.09. The van der Waals surface area contributed by atoms with E-state index in [2.05, 4.69) is 9.71 Å². The lowest BCUT2D eigenvalue weighted by Gasteiger charge is -2.10. The molecule has 0 bridgehead atoms. The van der Waals surface area contributed by atoms with Crippen LogP contribution in [0.3, 0.4) is 0 Å². The van der Waals surface area contributed by atoms with Gasteiger partial charge in [-0.25, -0.2) is 4.79 Å². The van der Waals surface area contributed by atoms with Crippen molar-refractivity contribution in [1.29, 1.82) is 0 Å². The van der Waals surface area contributed by atoms with Crippen molar-refractivity contribution in [2.75, 3.05) is 19.0 Å². The van der Waals surface area contributed by atoms with Crippen LogP contribution in [0.15, 0.2) is 69.6 Å². The highest BCUT2D eigenvalue weighted by Gasteiger charge is 2.16. The number of guanidine groups is 1. The predicted molar refractivity (Wildman–Crippen MR) is 115 cm³/mol. The van der Waals surface area contributed by atoms with Gasteiger partial charge < -0.3 is 26.3 Å². The molecule has 0 aromatic heterocycles. The lowest BCUT2D eigenvalue weighted by Crippen LogP contribution is -2.24. The third-order valence-corrected chi connectivity index (χ3v) is 5.11. The minimum atomic E-state index is -4.05. The topological polar surface area (TPSA) is 163 Å². The molecule has 0 heterocycles. The van der Waals surface area contributed by atoms with E-state index in [4.69, 9.17) is 20.9 Å². The number of allylic oxidation sites excluding steroid dienone is 1. The number of ether oxygens (including phenoxy) is 2. The molecule has 0 radical (unpaired) electrons. The van der Waals surface area contributed by atoms with Crippen molar-refractivity contribution >= 4 is 33.4 Å². The number of nitrogens with zero attached hydrogens (tertiary/aromatic N) is 1. The zero-order valence-corrected chi connectivity index (χ0v) is 17.7. The highest BCUT2D eigenvalue weighted by molar-refractivity contribution is 7.90. The van der Waals surface area contributed by atoms with Gasteiger partial charge >= 0.3 is 5.97 Å². The largest absolute Gasteiger partial charge is 0.494 e. The van der Waals surface area contributed by atoms with Gasteiger partial charge in [0.15, 0.2) is 5.78 Å². The molecule has 2 aromatic carbocycles. The molecule has 11 heteroatoms. The Kier molecular flexibility index (Phi) is 7.75. The zero-order chi connectivity index (χ0) is 23.0. The van der Waals surface area contributed by atoms with Gasteiger partial charge in [0, 0.05) is 17.3 Å². The fourth-order valence-corrected chi connectivity index (χ4v) is 3.27. The van der Waals surface area contributed by atoms with E-state index in [1.165, 1.54) is 31.4 Å². The second-order valence-corrected chi connectivity index (χ2v) is 7.62. The predicted octanol–water partition coefficient (Wildman–Crippen LogP) is 1.40. The Bertz CT molecular complexity index is 1100. The molecule has 0 amide bonds. The molecule has 0 spiro atoms. The van der Waals surface area contributed by atoms with Gasteiger partial charge in [0.2, 0.25) is 5.96 Å². The number of carbonyl (C=O) groups excluding carboxylic acids is 2. The van der Waals surface area contributed by atoms with Crippen LogP contribution in [0, 0.1) is 0 Å². The number of benzene rings is 2. The first-order valence-corrected chi connectivity index (χ1v) is 10.4. The maximum atomic E-state index is 12.5. The Labute approximate surface area is 179 Å². The molecule has 2 rings (SSSR count). The number of hydrogen-bond acceptors (Lipinski definition) is 7. The van der Waals surface area contributed by atoms with E-state index < -0.39 is 27.7 Å². The van der Waals surface area contributed by atoms with Crippen LogP contribution < -0.4 is 21.5 Å². The van der Waals surface area contributed by atoms with Crippen molar-refractivity contribution in [1.82, 2.24) is 0 Å². The van der Waals surface area contributed by atoms with Gasteiger partial charge in [-0.05, 0) is 55.5 Å². The van der Waals surface area contributed by atoms with Crippen molar-refractivity contribution in [2.45, 2.75) is 11.8 Å². The molecular formula is C20H22N4O6S. The van der Waals surface area contributed by atoms with Crippen molar-refractivity contribution in [3.8, 4) is 5.75 Å². The molecule has 0 aliphatic rings. The van der Waals surface area contributed by atoms with Crippen LogP contribution in [-0.2, 0) is 19.6 Å². The zero-order valence-electron chi connectivity index (χ0n) is 16.9. The highest BCUT2D eigenvalue weighted by atomic mass is 32.2. The third kappa shape index (κ3) is 6.57. The minimum Gasteiger partial charge on any atom is -0.494 e. The quantitative estimate of drug-likeness (QED) is 0.170. The number of sulfonamides is 1. The number of ketones is 1. The number of anilines is 1. The number of hydrogen-bond donors (Lipinski definition) is 3. The molecule has 0 fully saturated rings. The average molecular weight is 446 g/mol. The van der Waals surface area contributed by atoms with Crippen LogP contribution in [0.5, 0.6) is 5.75 Å². The smallest absolute Gasteiger partial charge is 0.354 e. The molecule has 5 N–H and O–H groups in total. The monoisotopic (exact) mass is 446 g/mol. The van der Waals surface area contributed by atoms with Crippen LogP contribution >= 0.6 is 0 Å². The summed E-state index contributed by atoms with van der Waals surface area (Å²) >= 11 is 0. The SMILES string of the molecule is CCOc1ccc(C(=O)/C=C(\Nc2ccc(S(=O)(=O)N=C(N)N)cc2)C(=O)OC)cc1. The molecule has 2 aromatic rings. The first kappa shape index (κ1) is 23.4. The summed E-state index contributed by atoms with van der Waals surface area (Å²) in [7, 11) is -2.88. The number of rotatable bonds is 9. The fraction of sp³-hybridized carbons (Fsp3) is 0.150. The summed E-state index contributed by atoms with van der Waals surface area (Å²) in [5.41, 5.74) is 10.8. The lowest BCUT2D eigenvalue weighted by molar-refractivity contribution is -0.135. The van der Waals surface area contributed by atoms with Crippen molar-refractivity contribution < 1.29 is 27.5 Å². The van der Waals surface area contributed by atoms with E-state index in [9.17, 15) is 18.0 Å². The molecule has 31 heavy (non-hydrogen) atoms. The number of esters is 1. The first-order chi connectivity index (χ1) is 14.7. The van der Waals surface area contributed by atoms with Gasteiger partial charge in [-0.3, -0.25) is 4.79 Å². The second-order valence-electron chi connectivity index (χ2n) is 6.01. The maximum absolute atomic E-state index is 12.5. The van der Waals surface area contributed by atoms with Crippen molar-refractivity contribution in [3.63, 3.8) is 0 Å². The molecule has 0 saturated heterocycles. The van der Waals surface area contributed by atoms with Gasteiger partial charge in [-0.1, -0.05) is 0 Å². The molecule has 0 aliphatic carbocycles. The van der Waals surface area contributed by atoms with E-state index in [1.807, 2.05) is 6.92 Å². The van der Waals surface area contributed by atoms with Crippen LogP contribution in [0.2, 0.25) is 0 Å². The van der Waals surface area contributed by atoms with Crippen LogP contribution in [-0.4, -0.2) is 39.8 Å². The van der Waals surface area contributed by atoms with E-state index in [0.29, 0.717) is 23.6 Å². The molecule has 0 saturated carbocycles. The molecule has 0 unspecified atom stereocenters. The Morgan fingerprint density at radius 3 is 2.19 bits per heavy atom. The molecule has 164 valence electrons. The standard InChI is InChI=1S/C20H22N4O6S/c1-3-30-15-8-4-13(5-9-15)18(25)12-17(19(26)29-2)23-14-6-10-16(11-7-14)31(27,28)24-20(21)22/h4-12,23H,3H2,1-2H3,(H4,21,22,24)/b17-12-. The summed E-state index contributed by atoms with van der Waals surface area (Å²) in [6.45, 7) is 2.34. The van der Waals surface area contributed by atoms with E-state index >= 15 is 0 Å². The van der Waals surface area contributed by atoms with E-state index in [1.54, 1.807) is 24.3 Å². The van der Waals surface area contributed by atoms with E-state index in [0.717, 1.165) is 6.08 Å². The van der Waals surface area contributed by atoms with Crippen LogP contribution in [0.1, 0.15) is 17.3 Å². The average Bonchev–Trinajstić information content (AvgIpc) is 2.73. The number of methoxy groups -OCH3 is 1. The van der Waals surface area contributed by atoms with Gasteiger partial charge in [-0.2, -0.15) is 8.42 Å². The first-order valence-electron chi connectivity index (χ1n) is 8.96. The molecule has 0 atom stereocenters. The van der Waals surface area contributed by atoms with Gasteiger partial charge in [0.1, 0.15) is 11.4 Å². The summed E-state index contributed by atoms with van der Waals surface area (Å²) in [6, 6.07) is 11.7. The Hall–Kier alpha value is -3.86.